The molecule has 1 amide bonds. The lowest BCUT2D eigenvalue weighted by molar-refractivity contribution is 0.0951. The summed E-state index contributed by atoms with van der Waals surface area (Å²) in [5.74, 6) is 0.740. The maximum absolute atomic E-state index is 12.4. The predicted molar refractivity (Wildman–Crippen MR) is 98.0 cm³/mol. The SMILES string of the molecule is Cc1ccnn1-c1ccc(C(=O)NCc2cccnc2N(C)C)cc1. The van der Waals surface area contributed by atoms with Crippen LogP contribution in [0.15, 0.2) is 54.9 Å². The molecule has 1 aromatic carbocycles. The number of nitrogens with one attached hydrogen (secondary N) is 1. The van der Waals surface area contributed by atoms with Crippen LogP contribution >= 0.6 is 0 Å². The molecule has 25 heavy (non-hydrogen) atoms. The van der Waals surface area contributed by atoms with E-state index in [1.165, 1.54) is 0 Å². The van der Waals surface area contributed by atoms with Gasteiger partial charge >= 0.3 is 0 Å². The summed E-state index contributed by atoms with van der Waals surface area (Å²) >= 11 is 0. The summed E-state index contributed by atoms with van der Waals surface area (Å²) in [7, 11) is 3.87. The molecular formula is C19H21N5O. The van der Waals surface area contributed by atoms with Gasteiger partial charge in [0.2, 0.25) is 0 Å². The van der Waals surface area contributed by atoms with E-state index < -0.39 is 0 Å². The van der Waals surface area contributed by atoms with Crippen molar-refractivity contribution in [3.05, 3.63) is 71.7 Å². The van der Waals surface area contributed by atoms with Crippen molar-refractivity contribution < 1.29 is 4.79 Å². The summed E-state index contributed by atoms with van der Waals surface area (Å²) in [5, 5.41) is 7.22. The zero-order chi connectivity index (χ0) is 17.8. The lowest BCUT2D eigenvalue weighted by atomic mass is 10.2. The topological polar surface area (TPSA) is 63.1 Å². The van der Waals surface area contributed by atoms with Gasteiger partial charge in [-0.3, -0.25) is 4.79 Å². The number of rotatable bonds is 5. The van der Waals surface area contributed by atoms with Crippen LogP contribution in [0.5, 0.6) is 0 Å². The van der Waals surface area contributed by atoms with Gasteiger partial charge in [0.25, 0.3) is 5.91 Å². The molecule has 6 nitrogen and oxygen atoms in total. The maximum atomic E-state index is 12.4. The summed E-state index contributed by atoms with van der Waals surface area (Å²) in [6.07, 6.45) is 3.50. The normalized spacial score (nSPS) is 10.5. The smallest absolute Gasteiger partial charge is 0.251 e. The van der Waals surface area contributed by atoms with Crippen LogP contribution in [0.4, 0.5) is 5.82 Å². The Morgan fingerprint density at radius 2 is 1.88 bits per heavy atom. The van der Waals surface area contributed by atoms with E-state index in [-0.39, 0.29) is 5.91 Å². The second-order valence-electron chi connectivity index (χ2n) is 5.99. The number of anilines is 1. The van der Waals surface area contributed by atoms with Crippen molar-refractivity contribution in [3.8, 4) is 5.69 Å². The highest BCUT2D eigenvalue weighted by Gasteiger charge is 2.10. The van der Waals surface area contributed by atoms with Gasteiger partial charge in [-0.1, -0.05) is 6.07 Å². The van der Waals surface area contributed by atoms with Crippen LogP contribution in [-0.4, -0.2) is 34.8 Å². The molecule has 3 rings (SSSR count). The number of nitrogens with zero attached hydrogens (tertiary/aromatic N) is 4. The molecule has 0 aliphatic heterocycles. The molecule has 0 spiro atoms. The highest BCUT2D eigenvalue weighted by molar-refractivity contribution is 5.94. The minimum atomic E-state index is -0.114. The van der Waals surface area contributed by atoms with Gasteiger partial charge in [-0.2, -0.15) is 5.10 Å². The molecular weight excluding hydrogens is 314 g/mol. The van der Waals surface area contributed by atoms with Crippen molar-refractivity contribution in [1.29, 1.82) is 0 Å². The van der Waals surface area contributed by atoms with E-state index in [9.17, 15) is 4.79 Å². The monoisotopic (exact) mass is 335 g/mol. The van der Waals surface area contributed by atoms with Gasteiger partial charge < -0.3 is 10.2 Å². The average Bonchev–Trinajstić information content (AvgIpc) is 3.06. The van der Waals surface area contributed by atoms with Crippen molar-refractivity contribution in [2.75, 3.05) is 19.0 Å². The fourth-order valence-electron chi connectivity index (χ4n) is 2.64. The van der Waals surface area contributed by atoms with E-state index >= 15 is 0 Å². The quantitative estimate of drug-likeness (QED) is 0.778. The Morgan fingerprint density at radius 3 is 2.52 bits per heavy atom. The number of hydrogen-bond donors (Lipinski definition) is 1. The minimum Gasteiger partial charge on any atom is -0.362 e. The van der Waals surface area contributed by atoms with Gasteiger partial charge in [-0.25, -0.2) is 9.67 Å². The Morgan fingerprint density at radius 1 is 1.12 bits per heavy atom. The Bertz CT molecular complexity index is 868. The summed E-state index contributed by atoms with van der Waals surface area (Å²) in [5.41, 5.74) is 3.57. The maximum Gasteiger partial charge on any atom is 0.251 e. The summed E-state index contributed by atoms with van der Waals surface area (Å²) < 4.78 is 1.83. The molecule has 2 heterocycles. The van der Waals surface area contributed by atoms with Crippen molar-refractivity contribution in [3.63, 3.8) is 0 Å². The molecule has 0 fully saturated rings. The molecule has 128 valence electrons. The lowest BCUT2D eigenvalue weighted by Gasteiger charge is -2.16. The van der Waals surface area contributed by atoms with Gasteiger partial charge in [-0.15, -0.1) is 0 Å². The van der Waals surface area contributed by atoms with Crippen LogP contribution in [0.25, 0.3) is 5.69 Å². The van der Waals surface area contributed by atoms with Gasteiger partial charge in [0.15, 0.2) is 0 Å². The molecule has 2 aromatic heterocycles. The van der Waals surface area contributed by atoms with Crippen LogP contribution in [0.2, 0.25) is 0 Å². The van der Waals surface area contributed by atoms with Crippen LogP contribution in [0, 0.1) is 6.92 Å². The predicted octanol–water partition coefficient (Wildman–Crippen LogP) is 2.57. The molecule has 3 aromatic rings. The third kappa shape index (κ3) is 3.68. The third-order valence-electron chi connectivity index (χ3n) is 3.94. The Kier molecular flexibility index (Phi) is 4.79. The zero-order valence-corrected chi connectivity index (χ0v) is 14.6. The third-order valence-corrected chi connectivity index (χ3v) is 3.94. The first-order valence-corrected chi connectivity index (χ1v) is 8.07. The van der Waals surface area contributed by atoms with Crippen LogP contribution in [0.3, 0.4) is 0 Å². The molecule has 0 bridgehead atoms. The van der Waals surface area contributed by atoms with E-state index in [0.29, 0.717) is 12.1 Å². The van der Waals surface area contributed by atoms with Crippen LogP contribution in [0.1, 0.15) is 21.6 Å². The molecule has 0 atom stereocenters. The summed E-state index contributed by atoms with van der Waals surface area (Å²) in [4.78, 5) is 18.7. The standard InChI is InChI=1S/C19H21N5O/c1-14-10-12-22-24(14)17-8-6-15(7-9-17)19(25)21-13-16-5-4-11-20-18(16)23(2)3/h4-12H,13H2,1-3H3,(H,21,25). The van der Waals surface area contributed by atoms with Crippen molar-refractivity contribution in [1.82, 2.24) is 20.1 Å². The van der Waals surface area contributed by atoms with Gasteiger partial charge in [0.05, 0.1) is 5.69 Å². The van der Waals surface area contributed by atoms with Crippen molar-refractivity contribution >= 4 is 11.7 Å². The number of carbonyl (C=O) groups excluding carboxylic acids is 1. The molecule has 0 aliphatic rings. The first-order chi connectivity index (χ1) is 12.1. The average molecular weight is 335 g/mol. The molecule has 0 saturated heterocycles. The van der Waals surface area contributed by atoms with E-state index in [0.717, 1.165) is 22.8 Å². The van der Waals surface area contributed by atoms with E-state index in [2.05, 4.69) is 15.4 Å². The number of aromatic nitrogens is 3. The second kappa shape index (κ2) is 7.17. The molecule has 6 heteroatoms. The highest BCUT2D eigenvalue weighted by Crippen LogP contribution is 2.15. The number of carbonyl (C=O) groups is 1. The lowest BCUT2D eigenvalue weighted by Crippen LogP contribution is -2.24. The van der Waals surface area contributed by atoms with Crippen LogP contribution in [-0.2, 0) is 6.54 Å². The first kappa shape index (κ1) is 16.7. The molecule has 0 unspecified atom stereocenters. The molecule has 1 N–H and O–H groups in total. The number of hydrogen-bond acceptors (Lipinski definition) is 4. The molecule has 0 radical (unpaired) electrons. The molecule has 0 saturated carbocycles. The summed E-state index contributed by atoms with van der Waals surface area (Å²) in [6.45, 7) is 2.42. The summed E-state index contributed by atoms with van der Waals surface area (Å²) in [6, 6.07) is 13.2. The first-order valence-electron chi connectivity index (χ1n) is 8.07. The zero-order valence-electron chi connectivity index (χ0n) is 14.6. The van der Waals surface area contributed by atoms with Crippen molar-refractivity contribution in [2.45, 2.75) is 13.5 Å². The number of aryl methyl sites for hydroxylation is 1. The molecule has 0 aliphatic carbocycles. The van der Waals surface area contributed by atoms with E-state index in [1.807, 2.05) is 73.1 Å². The van der Waals surface area contributed by atoms with E-state index in [1.54, 1.807) is 12.4 Å². The fraction of sp³-hybridized carbons (Fsp3) is 0.211. The fourth-order valence-corrected chi connectivity index (χ4v) is 2.64. The van der Waals surface area contributed by atoms with Gasteiger partial charge in [-0.05, 0) is 43.3 Å². The largest absolute Gasteiger partial charge is 0.362 e. The second-order valence-corrected chi connectivity index (χ2v) is 5.99. The highest BCUT2D eigenvalue weighted by atomic mass is 16.1. The van der Waals surface area contributed by atoms with Crippen molar-refractivity contribution in [2.24, 2.45) is 0 Å². The van der Waals surface area contributed by atoms with Crippen LogP contribution < -0.4 is 10.2 Å². The Labute approximate surface area is 147 Å². The Balaban J connectivity index is 1.69. The number of amides is 1. The van der Waals surface area contributed by atoms with Gasteiger partial charge in [0, 0.05) is 49.9 Å². The minimum absolute atomic E-state index is 0.114. The van der Waals surface area contributed by atoms with E-state index in [4.69, 9.17) is 0 Å². The number of pyridine rings is 1. The Hall–Kier alpha value is -3.15. The van der Waals surface area contributed by atoms with Gasteiger partial charge in [0.1, 0.15) is 5.82 Å². The number of benzene rings is 1.